The van der Waals surface area contributed by atoms with Gasteiger partial charge in [0.15, 0.2) is 0 Å². The predicted octanol–water partition coefficient (Wildman–Crippen LogP) is 3.65. The van der Waals surface area contributed by atoms with Crippen LogP contribution in [0, 0.1) is 6.92 Å². The molecule has 1 atom stereocenters. The minimum Gasteiger partial charge on any atom is -0.361 e. The minimum atomic E-state index is -2.66. The van der Waals surface area contributed by atoms with Crippen LogP contribution < -0.4 is 5.32 Å². The Morgan fingerprint density at radius 2 is 2.11 bits per heavy atom. The van der Waals surface area contributed by atoms with Gasteiger partial charge in [-0.3, -0.25) is 0 Å². The molecule has 0 fully saturated rings. The summed E-state index contributed by atoms with van der Waals surface area (Å²) in [6.45, 7) is 4.63. The van der Waals surface area contributed by atoms with Crippen LogP contribution in [0.25, 0.3) is 10.9 Å². The molecular formula is C15H20F2N2. The number of benzene rings is 1. The first kappa shape index (κ1) is 14.0. The molecule has 0 aliphatic heterocycles. The summed E-state index contributed by atoms with van der Waals surface area (Å²) in [5.41, 5.74) is 3.46. The van der Waals surface area contributed by atoms with Crippen molar-refractivity contribution in [2.45, 2.75) is 39.2 Å². The van der Waals surface area contributed by atoms with Crippen molar-refractivity contribution in [2.75, 3.05) is 6.54 Å². The van der Waals surface area contributed by atoms with Crippen molar-refractivity contribution in [3.63, 3.8) is 0 Å². The first-order chi connectivity index (χ1) is 8.85. The number of H-pyrrole nitrogens is 1. The Balaban J connectivity index is 2.06. The van der Waals surface area contributed by atoms with Gasteiger partial charge in [-0.2, -0.15) is 0 Å². The van der Waals surface area contributed by atoms with Gasteiger partial charge in [-0.15, -0.1) is 0 Å². The number of rotatable bonds is 5. The van der Waals surface area contributed by atoms with E-state index in [2.05, 4.69) is 29.4 Å². The Kier molecular flexibility index (Phi) is 3.90. The molecule has 1 aromatic carbocycles. The molecule has 0 spiro atoms. The maximum atomic E-state index is 12.8. The van der Waals surface area contributed by atoms with Crippen molar-refractivity contribution in [3.05, 3.63) is 35.5 Å². The summed E-state index contributed by atoms with van der Waals surface area (Å²) < 4.78 is 25.6. The second kappa shape index (κ2) is 5.29. The van der Waals surface area contributed by atoms with Crippen LogP contribution in [0.2, 0.25) is 0 Å². The maximum Gasteiger partial charge on any atom is 0.257 e. The predicted molar refractivity (Wildman–Crippen MR) is 74.8 cm³/mol. The van der Waals surface area contributed by atoms with E-state index in [4.69, 9.17) is 0 Å². The van der Waals surface area contributed by atoms with Gasteiger partial charge in [0.25, 0.3) is 5.92 Å². The Hall–Kier alpha value is -1.42. The molecule has 0 saturated heterocycles. The van der Waals surface area contributed by atoms with Gasteiger partial charge in [-0.25, -0.2) is 8.78 Å². The van der Waals surface area contributed by atoms with Gasteiger partial charge in [0.1, 0.15) is 0 Å². The van der Waals surface area contributed by atoms with Crippen LogP contribution in [-0.4, -0.2) is 23.5 Å². The Morgan fingerprint density at radius 1 is 1.37 bits per heavy atom. The standard InChI is InChI=1S/C15H20F2N2/c1-10-4-5-14-13(6-10)12(8-18-14)7-11(2)19-9-15(3,16)17/h4-6,8,11,18-19H,7,9H2,1-3H3/t11-/m1/s1. The summed E-state index contributed by atoms with van der Waals surface area (Å²) in [7, 11) is 0. The number of hydrogen-bond acceptors (Lipinski definition) is 1. The number of aromatic nitrogens is 1. The summed E-state index contributed by atoms with van der Waals surface area (Å²) in [4.78, 5) is 3.22. The molecule has 2 nitrogen and oxygen atoms in total. The first-order valence-electron chi connectivity index (χ1n) is 6.53. The molecule has 0 saturated carbocycles. The third kappa shape index (κ3) is 3.77. The smallest absolute Gasteiger partial charge is 0.257 e. The van der Waals surface area contributed by atoms with E-state index in [1.165, 1.54) is 10.9 Å². The van der Waals surface area contributed by atoms with E-state index < -0.39 is 5.92 Å². The van der Waals surface area contributed by atoms with Crippen molar-refractivity contribution in [2.24, 2.45) is 0 Å². The van der Waals surface area contributed by atoms with Gasteiger partial charge in [-0.05, 0) is 38.0 Å². The average molecular weight is 266 g/mol. The molecule has 0 unspecified atom stereocenters. The fourth-order valence-corrected chi connectivity index (χ4v) is 2.22. The quantitative estimate of drug-likeness (QED) is 0.849. The van der Waals surface area contributed by atoms with E-state index >= 15 is 0 Å². The molecule has 1 aromatic heterocycles. The van der Waals surface area contributed by atoms with Gasteiger partial charge in [0.05, 0.1) is 6.54 Å². The van der Waals surface area contributed by atoms with Crippen molar-refractivity contribution in [3.8, 4) is 0 Å². The molecule has 0 aliphatic carbocycles. The summed E-state index contributed by atoms with van der Waals surface area (Å²) >= 11 is 0. The molecule has 2 N–H and O–H groups in total. The van der Waals surface area contributed by atoms with Crippen LogP contribution in [-0.2, 0) is 6.42 Å². The second-order valence-electron chi connectivity index (χ2n) is 5.42. The highest BCUT2D eigenvalue weighted by atomic mass is 19.3. The average Bonchev–Trinajstić information content (AvgIpc) is 2.68. The number of nitrogens with one attached hydrogen (secondary N) is 2. The lowest BCUT2D eigenvalue weighted by Gasteiger charge is -2.17. The topological polar surface area (TPSA) is 27.8 Å². The monoisotopic (exact) mass is 266 g/mol. The molecular weight excluding hydrogens is 246 g/mol. The van der Waals surface area contributed by atoms with Crippen molar-refractivity contribution < 1.29 is 8.78 Å². The molecule has 2 aromatic rings. The number of halogens is 2. The van der Waals surface area contributed by atoms with E-state index in [0.29, 0.717) is 0 Å². The van der Waals surface area contributed by atoms with Crippen LogP contribution in [0.15, 0.2) is 24.4 Å². The summed E-state index contributed by atoms with van der Waals surface area (Å²) in [6, 6.07) is 6.25. The normalized spacial score (nSPS) is 13.9. The lowest BCUT2D eigenvalue weighted by molar-refractivity contribution is 0.0204. The van der Waals surface area contributed by atoms with E-state index in [1.54, 1.807) is 0 Å². The second-order valence-corrected chi connectivity index (χ2v) is 5.42. The zero-order valence-electron chi connectivity index (χ0n) is 11.6. The number of hydrogen-bond donors (Lipinski definition) is 2. The lowest BCUT2D eigenvalue weighted by Crippen LogP contribution is -2.37. The molecule has 0 amide bonds. The minimum absolute atomic E-state index is 0.0188. The zero-order valence-corrected chi connectivity index (χ0v) is 11.6. The molecule has 0 aliphatic rings. The third-order valence-corrected chi connectivity index (χ3v) is 3.21. The van der Waals surface area contributed by atoms with Crippen molar-refractivity contribution in [1.82, 2.24) is 10.3 Å². The largest absolute Gasteiger partial charge is 0.361 e. The van der Waals surface area contributed by atoms with E-state index in [1.807, 2.05) is 19.2 Å². The van der Waals surface area contributed by atoms with Crippen LogP contribution in [0.5, 0.6) is 0 Å². The summed E-state index contributed by atoms with van der Waals surface area (Å²) in [5, 5.41) is 4.05. The number of aromatic amines is 1. The van der Waals surface area contributed by atoms with Crippen LogP contribution in [0.3, 0.4) is 0 Å². The van der Waals surface area contributed by atoms with Crippen LogP contribution >= 0.6 is 0 Å². The van der Waals surface area contributed by atoms with Crippen molar-refractivity contribution in [1.29, 1.82) is 0 Å². The molecule has 2 rings (SSSR count). The molecule has 4 heteroatoms. The maximum absolute atomic E-state index is 12.8. The van der Waals surface area contributed by atoms with Crippen LogP contribution in [0.4, 0.5) is 8.78 Å². The zero-order chi connectivity index (χ0) is 14.0. The Labute approximate surface area is 112 Å². The highest BCUT2D eigenvalue weighted by Crippen LogP contribution is 2.21. The van der Waals surface area contributed by atoms with Crippen LogP contribution in [0.1, 0.15) is 25.0 Å². The van der Waals surface area contributed by atoms with Gasteiger partial charge < -0.3 is 10.3 Å². The molecule has 19 heavy (non-hydrogen) atoms. The van der Waals surface area contributed by atoms with Gasteiger partial charge in [0, 0.05) is 30.1 Å². The van der Waals surface area contributed by atoms with Gasteiger partial charge >= 0.3 is 0 Å². The van der Waals surface area contributed by atoms with Crippen molar-refractivity contribution >= 4 is 10.9 Å². The van der Waals surface area contributed by atoms with Gasteiger partial charge in [-0.1, -0.05) is 11.6 Å². The number of alkyl halides is 2. The van der Waals surface area contributed by atoms with Gasteiger partial charge in [0.2, 0.25) is 0 Å². The number of fused-ring (bicyclic) bond motifs is 1. The van der Waals surface area contributed by atoms with E-state index in [-0.39, 0.29) is 12.6 Å². The molecule has 0 radical (unpaired) electrons. The molecule has 1 heterocycles. The fraction of sp³-hybridized carbons (Fsp3) is 0.467. The highest BCUT2D eigenvalue weighted by Gasteiger charge is 2.21. The SMILES string of the molecule is Cc1ccc2[nH]cc(C[C@@H](C)NCC(C)(F)F)c2c1. The Morgan fingerprint density at radius 3 is 2.79 bits per heavy atom. The Bertz CT molecular complexity index is 555. The number of aryl methyl sites for hydroxylation is 1. The molecule has 0 bridgehead atoms. The first-order valence-corrected chi connectivity index (χ1v) is 6.53. The summed E-state index contributed by atoms with van der Waals surface area (Å²) in [6.07, 6.45) is 2.70. The van der Waals surface area contributed by atoms with E-state index in [9.17, 15) is 8.78 Å². The molecule has 104 valence electrons. The highest BCUT2D eigenvalue weighted by molar-refractivity contribution is 5.83. The fourth-order valence-electron chi connectivity index (χ4n) is 2.22. The lowest BCUT2D eigenvalue weighted by atomic mass is 10.0. The summed E-state index contributed by atoms with van der Waals surface area (Å²) in [5.74, 6) is -2.66. The third-order valence-electron chi connectivity index (χ3n) is 3.21. The van der Waals surface area contributed by atoms with E-state index in [0.717, 1.165) is 24.4 Å².